The molecule has 0 spiro atoms. The summed E-state index contributed by atoms with van der Waals surface area (Å²) >= 11 is 0. The van der Waals surface area contributed by atoms with Crippen LogP contribution in [0.4, 0.5) is 0 Å². The Balaban J connectivity index is 1.92. The van der Waals surface area contributed by atoms with Crippen molar-refractivity contribution in [2.75, 3.05) is 26.3 Å². The number of nitrogens with one attached hydrogen (secondary N) is 1. The molecular formula is C11H20N2O2. The van der Waals surface area contributed by atoms with E-state index in [9.17, 15) is 4.79 Å². The predicted molar refractivity (Wildman–Crippen MR) is 57.6 cm³/mol. The molecule has 2 aliphatic rings. The molecule has 2 heterocycles. The molecule has 2 atom stereocenters. The van der Waals surface area contributed by atoms with E-state index in [0.717, 1.165) is 19.5 Å². The van der Waals surface area contributed by atoms with E-state index in [1.807, 2.05) is 4.90 Å². The molecule has 2 fully saturated rings. The van der Waals surface area contributed by atoms with Crippen LogP contribution in [0.1, 0.15) is 26.2 Å². The van der Waals surface area contributed by atoms with Gasteiger partial charge in [0.2, 0.25) is 5.91 Å². The number of rotatable bonds is 1. The van der Waals surface area contributed by atoms with Crippen molar-refractivity contribution in [3.05, 3.63) is 0 Å². The van der Waals surface area contributed by atoms with Crippen LogP contribution in [0.5, 0.6) is 0 Å². The van der Waals surface area contributed by atoms with Crippen LogP contribution in [0.25, 0.3) is 0 Å². The van der Waals surface area contributed by atoms with Crippen LogP contribution in [0, 0.1) is 0 Å². The Morgan fingerprint density at radius 3 is 3.00 bits per heavy atom. The average Bonchev–Trinajstić information content (AvgIpc) is 2.30. The summed E-state index contributed by atoms with van der Waals surface area (Å²) in [5, 5.41) is 3.30. The molecule has 2 aliphatic heterocycles. The van der Waals surface area contributed by atoms with Crippen molar-refractivity contribution in [2.45, 2.75) is 38.3 Å². The zero-order valence-corrected chi connectivity index (χ0v) is 9.37. The summed E-state index contributed by atoms with van der Waals surface area (Å²) < 4.78 is 5.34. The van der Waals surface area contributed by atoms with Crippen LogP contribution >= 0.6 is 0 Å². The molecule has 0 unspecified atom stereocenters. The van der Waals surface area contributed by atoms with E-state index < -0.39 is 0 Å². The molecule has 86 valence electrons. The molecular weight excluding hydrogens is 192 g/mol. The largest absolute Gasteiger partial charge is 0.377 e. The van der Waals surface area contributed by atoms with Gasteiger partial charge in [-0.05, 0) is 26.3 Å². The van der Waals surface area contributed by atoms with E-state index in [2.05, 4.69) is 12.2 Å². The molecule has 1 N–H and O–H groups in total. The van der Waals surface area contributed by atoms with Gasteiger partial charge in [-0.25, -0.2) is 0 Å². The van der Waals surface area contributed by atoms with E-state index in [0.29, 0.717) is 13.2 Å². The first kappa shape index (κ1) is 10.9. The second-order valence-corrected chi connectivity index (χ2v) is 4.46. The van der Waals surface area contributed by atoms with Gasteiger partial charge >= 0.3 is 0 Å². The van der Waals surface area contributed by atoms with Crippen LogP contribution < -0.4 is 5.32 Å². The Hall–Kier alpha value is -0.610. The fourth-order valence-corrected chi connectivity index (χ4v) is 2.32. The van der Waals surface area contributed by atoms with Crippen molar-refractivity contribution in [3.8, 4) is 0 Å². The molecule has 0 aromatic carbocycles. The van der Waals surface area contributed by atoms with Gasteiger partial charge in [-0.3, -0.25) is 4.79 Å². The average molecular weight is 212 g/mol. The number of nitrogens with zero attached hydrogens (tertiary/aromatic N) is 1. The van der Waals surface area contributed by atoms with Crippen molar-refractivity contribution in [3.63, 3.8) is 0 Å². The highest BCUT2D eigenvalue weighted by Crippen LogP contribution is 2.13. The summed E-state index contributed by atoms with van der Waals surface area (Å²) in [7, 11) is 0. The van der Waals surface area contributed by atoms with Crippen LogP contribution in [0.3, 0.4) is 0 Å². The molecule has 0 aliphatic carbocycles. The van der Waals surface area contributed by atoms with E-state index in [1.54, 1.807) is 0 Å². The Kier molecular flexibility index (Phi) is 3.59. The first-order valence-electron chi connectivity index (χ1n) is 5.90. The van der Waals surface area contributed by atoms with Gasteiger partial charge in [-0.1, -0.05) is 6.42 Å². The summed E-state index contributed by atoms with van der Waals surface area (Å²) in [5.41, 5.74) is 0. The molecule has 0 saturated carbocycles. The predicted octanol–water partition coefficient (Wildman–Crippen LogP) is 0.376. The van der Waals surface area contributed by atoms with Crippen molar-refractivity contribution in [1.82, 2.24) is 10.2 Å². The summed E-state index contributed by atoms with van der Waals surface area (Å²) in [5.74, 6) is 0.269. The van der Waals surface area contributed by atoms with Crippen molar-refractivity contribution in [2.24, 2.45) is 0 Å². The van der Waals surface area contributed by atoms with Gasteiger partial charge in [0.1, 0.15) is 0 Å². The molecule has 0 bridgehead atoms. The quantitative estimate of drug-likeness (QED) is 0.683. The molecule has 0 aromatic rings. The summed E-state index contributed by atoms with van der Waals surface area (Å²) in [6.07, 6.45) is 3.35. The lowest BCUT2D eigenvalue weighted by atomic mass is 10.0. The van der Waals surface area contributed by atoms with Crippen molar-refractivity contribution < 1.29 is 9.53 Å². The lowest BCUT2D eigenvalue weighted by molar-refractivity contribution is -0.141. The highest BCUT2D eigenvalue weighted by molar-refractivity contribution is 5.82. The first-order chi connectivity index (χ1) is 7.29. The molecule has 0 aromatic heterocycles. The van der Waals surface area contributed by atoms with Crippen LogP contribution in [-0.4, -0.2) is 49.2 Å². The summed E-state index contributed by atoms with van der Waals surface area (Å²) in [6, 6.07) is 0.286. The Morgan fingerprint density at radius 1 is 1.47 bits per heavy atom. The molecule has 4 nitrogen and oxygen atoms in total. The van der Waals surface area contributed by atoms with Gasteiger partial charge in [-0.15, -0.1) is 0 Å². The summed E-state index contributed by atoms with van der Waals surface area (Å²) in [6.45, 7) is 5.15. The fourth-order valence-electron chi connectivity index (χ4n) is 2.32. The third-order valence-corrected chi connectivity index (χ3v) is 3.26. The van der Waals surface area contributed by atoms with Gasteiger partial charge in [0.25, 0.3) is 0 Å². The number of hydrogen-bond acceptors (Lipinski definition) is 3. The van der Waals surface area contributed by atoms with E-state index in [-0.39, 0.29) is 18.0 Å². The maximum absolute atomic E-state index is 12.2. The van der Waals surface area contributed by atoms with Gasteiger partial charge in [0.15, 0.2) is 0 Å². The smallest absolute Gasteiger partial charge is 0.240 e. The third-order valence-electron chi connectivity index (χ3n) is 3.26. The highest BCUT2D eigenvalue weighted by atomic mass is 16.5. The number of ether oxygens (including phenoxy) is 1. The molecule has 2 saturated heterocycles. The minimum absolute atomic E-state index is 0.0549. The zero-order chi connectivity index (χ0) is 10.7. The second-order valence-electron chi connectivity index (χ2n) is 4.46. The van der Waals surface area contributed by atoms with E-state index in [1.165, 1.54) is 12.8 Å². The van der Waals surface area contributed by atoms with E-state index >= 15 is 0 Å². The topological polar surface area (TPSA) is 41.6 Å². The lowest BCUT2D eigenvalue weighted by Crippen LogP contribution is -2.55. The van der Waals surface area contributed by atoms with Crippen LogP contribution in [0.15, 0.2) is 0 Å². The van der Waals surface area contributed by atoms with Gasteiger partial charge < -0.3 is 15.0 Å². The van der Waals surface area contributed by atoms with Gasteiger partial charge in [0.05, 0.1) is 25.3 Å². The van der Waals surface area contributed by atoms with Crippen molar-refractivity contribution >= 4 is 5.91 Å². The molecule has 0 radical (unpaired) electrons. The maximum Gasteiger partial charge on any atom is 0.240 e. The normalized spacial score (nSPS) is 32.7. The minimum Gasteiger partial charge on any atom is -0.377 e. The third kappa shape index (κ3) is 2.49. The monoisotopic (exact) mass is 212 g/mol. The van der Waals surface area contributed by atoms with Gasteiger partial charge in [-0.2, -0.15) is 0 Å². The zero-order valence-electron chi connectivity index (χ0n) is 9.37. The number of amides is 1. The second kappa shape index (κ2) is 4.94. The van der Waals surface area contributed by atoms with E-state index in [4.69, 9.17) is 4.74 Å². The van der Waals surface area contributed by atoms with Crippen molar-refractivity contribution in [1.29, 1.82) is 0 Å². The molecule has 1 amide bonds. The minimum atomic E-state index is 0.0549. The first-order valence-corrected chi connectivity index (χ1v) is 5.90. The Morgan fingerprint density at radius 2 is 2.33 bits per heavy atom. The van der Waals surface area contributed by atoms with Gasteiger partial charge in [0, 0.05) is 6.54 Å². The number of carbonyl (C=O) groups is 1. The van der Waals surface area contributed by atoms with Crippen LogP contribution in [0.2, 0.25) is 0 Å². The number of carbonyl (C=O) groups excluding carboxylic acids is 1. The van der Waals surface area contributed by atoms with Crippen LogP contribution in [-0.2, 0) is 9.53 Å². The summed E-state index contributed by atoms with van der Waals surface area (Å²) in [4.78, 5) is 14.1. The molecule has 15 heavy (non-hydrogen) atoms. The lowest BCUT2D eigenvalue weighted by Gasteiger charge is -2.36. The number of piperidine rings is 1. The fraction of sp³-hybridized carbons (Fsp3) is 0.909. The molecule has 4 heteroatoms. The molecule has 2 rings (SSSR count). The highest BCUT2D eigenvalue weighted by Gasteiger charge is 2.30. The standard InChI is InChI=1S/C11H20N2O2/c1-9-8-15-7-6-13(9)11(14)10-4-2-3-5-12-10/h9-10,12H,2-8H2,1H3/t9-,10+/m1/s1. The SMILES string of the molecule is C[C@@H]1COCCN1C(=O)[C@@H]1CCCCN1. The number of morpholine rings is 1. The number of hydrogen-bond donors (Lipinski definition) is 1. The Bertz CT molecular complexity index is 227. The Labute approximate surface area is 91.0 Å². The maximum atomic E-state index is 12.2.